The van der Waals surface area contributed by atoms with Crippen LogP contribution in [0.25, 0.3) is 0 Å². The number of aromatic carboxylic acids is 1. The van der Waals surface area contributed by atoms with Crippen LogP contribution in [0.15, 0.2) is 125 Å². The van der Waals surface area contributed by atoms with E-state index in [2.05, 4.69) is 31.5 Å². The van der Waals surface area contributed by atoms with E-state index in [-0.39, 0.29) is 51.7 Å². The third kappa shape index (κ3) is 11.1. The van der Waals surface area contributed by atoms with Gasteiger partial charge in [0.2, 0.25) is 11.8 Å². The Labute approximate surface area is 325 Å². The summed E-state index contributed by atoms with van der Waals surface area (Å²) in [5, 5.41) is 38.8. The number of carbonyl (C=O) groups excluding carboxylic acids is 5. The van der Waals surface area contributed by atoms with Gasteiger partial charge in [0.05, 0.1) is 41.2 Å². The number of carboxylic acid groups (broad SMARTS) is 1. The van der Waals surface area contributed by atoms with Gasteiger partial charge in [-0.25, -0.2) is 4.79 Å². The Kier molecular flexibility index (Phi) is 13.4. The zero-order valence-electron chi connectivity index (χ0n) is 30.4. The summed E-state index contributed by atoms with van der Waals surface area (Å²) >= 11 is 0. The van der Waals surface area contributed by atoms with Gasteiger partial charge in [-0.2, -0.15) is 10.2 Å². The number of nitrogens with one attached hydrogen (secondary N) is 4. The number of hydrogen-bond acceptors (Lipinski definition) is 10. The van der Waals surface area contributed by atoms with Crippen LogP contribution in [0.4, 0.5) is 28.4 Å². The second-order valence-corrected chi connectivity index (χ2v) is 12.3. The number of carboxylic acids is 1. The summed E-state index contributed by atoms with van der Waals surface area (Å²) in [5.74, 6) is -5.31. The summed E-state index contributed by atoms with van der Waals surface area (Å²) in [6.45, 7) is 1.98. The van der Waals surface area contributed by atoms with Gasteiger partial charge in [0.25, 0.3) is 17.7 Å². The molecule has 5 amide bonds. The van der Waals surface area contributed by atoms with E-state index in [0.717, 1.165) is 0 Å². The summed E-state index contributed by atoms with van der Waals surface area (Å²) < 4.78 is 5.71. The molecule has 0 spiro atoms. The fraction of sp³-hybridized carbons (Fsp3) is 0.122. The minimum Gasteiger partial charge on any atom is -0.504 e. The highest BCUT2D eigenvalue weighted by molar-refractivity contribution is 6.10. The van der Waals surface area contributed by atoms with Crippen molar-refractivity contribution in [1.82, 2.24) is 5.32 Å². The van der Waals surface area contributed by atoms with E-state index in [1.807, 2.05) is 25.1 Å². The Bertz CT molecular complexity index is 2300. The number of benzene rings is 5. The van der Waals surface area contributed by atoms with Gasteiger partial charge in [-0.3, -0.25) is 24.0 Å². The number of nitrogens with two attached hydrogens (primary N) is 1. The number of carbonyl (C=O) groups is 6. The zero-order valence-corrected chi connectivity index (χ0v) is 30.4. The third-order valence-electron chi connectivity index (χ3n) is 8.07. The van der Waals surface area contributed by atoms with Crippen LogP contribution in [0.2, 0.25) is 0 Å². The largest absolute Gasteiger partial charge is 0.504 e. The summed E-state index contributed by atoms with van der Waals surface area (Å²) in [6, 6.07) is 27.7. The van der Waals surface area contributed by atoms with E-state index in [1.54, 1.807) is 24.3 Å². The van der Waals surface area contributed by atoms with Crippen molar-refractivity contribution in [1.29, 1.82) is 0 Å². The fourth-order valence-corrected chi connectivity index (χ4v) is 5.17. The molecule has 1 atom stereocenters. The molecule has 5 aromatic carbocycles. The number of phenols is 1. The molecule has 5 rings (SSSR count). The summed E-state index contributed by atoms with van der Waals surface area (Å²) in [6.07, 6.45) is 0.0590. The molecule has 5 aromatic rings. The molecule has 0 aliphatic rings. The minimum atomic E-state index is -1.33. The lowest BCUT2D eigenvalue weighted by Crippen LogP contribution is -2.46. The Morgan fingerprint density at radius 3 is 1.82 bits per heavy atom. The number of nitrogens with zero attached hydrogens (tertiary/aromatic N) is 2. The highest BCUT2D eigenvalue weighted by Gasteiger charge is 2.25. The van der Waals surface area contributed by atoms with Crippen molar-refractivity contribution in [3.8, 4) is 11.5 Å². The Morgan fingerprint density at radius 2 is 1.23 bits per heavy atom. The molecule has 57 heavy (non-hydrogen) atoms. The predicted octanol–water partition coefficient (Wildman–Crippen LogP) is 6.41. The van der Waals surface area contributed by atoms with Crippen LogP contribution in [0.1, 0.15) is 61.2 Å². The average Bonchev–Trinajstić information content (AvgIpc) is 3.20. The molecule has 16 heteroatoms. The molecule has 0 saturated carbocycles. The van der Waals surface area contributed by atoms with Crippen LogP contribution in [-0.4, -0.2) is 58.4 Å². The fourth-order valence-electron chi connectivity index (χ4n) is 5.17. The molecule has 0 aliphatic carbocycles. The second-order valence-electron chi connectivity index (χ2n) is 12.3. The molecule has 0 aliphatic heterocycles. The van der Waals surface area contributed by atoms with Crippen LogP contribution < -0.4 is 31.7 Å². The quantitative estimate of drug-likeness (QED) is 0.0547. The molecular weight excluding hydrogens is 734 g/mol. The van der Waals surface area contributed by atoms with Gasteiger partial charge in [0.1, 0.15) is 6.04 Å². The number of ether oxygens (including phenoxy) is 1. The zero-order chi connectivity index (χ0) is 40.9. The molecule has 0 heterocycles. The van der Waals surface area contributed by atoms with Crippen molar-refractivity contribution < 1.29 is 43.7 Å². The number of rotatable bonds is 16. The maximum atomic E-state index is 13.3. The summed E-state index contributed by atoms with van der Waals surface area (Å²) in [5.41, 5.74) is 7.34. The first kappa shape index (κ1) is 40.3. The Hall–Kier alpha value is -7.88. The first-order valence-electron chi connectivity index (χ1n) is 17.4. The molecule has 8 N–H and O–H groups in total. The molecule has 16 nitrogen and oxygen atoms in total. The van der Waals surface area contributed by atoms with E-state index in [9.17, 15) is 33.9 Å². The van der Waals surface area contributed by atoms with Gasteiger partial charge in [0, 0.05) is 22.5 Å². The predicted molar refractivity (Wildman–Crippen MR) is 210 cm³/mol. The molecular formula is C41H37N7O9. The molecule has 0 unspecified atom stereocenters. The summed E-state index contributed by atoms with van der Waals surface area (Å²) in [4.78, 5) is 75.4. The average molecular weight is 772 g/mol. The van der Waals surface area contributed by atoms with Crippen LogP contribution in [-0.2, 0) is 9.59 Å². The first-order chi connectivity index (χ1) is 27.4. The van der Waals surface area contributed by atoms with Gasteiger partial charge in [-0.15, -0.1) is 0 Å². The molecule has 290 valence electrons. The monoisotopic (exact) mass is 771 g/mol. The standard InChI is InChI=1S/C41H37N7O9/c1-2-22-57-36-32(21-20-31(35(36)50)39(53)43-27-16-12-26(13-17-27)41(55)56)45-37(51)24-8-14-28(15-9-24)44-40(54)33(23-34(42)49)46-38(52)25-10-18-30(19-11-25)48-47-29-6-4-3-5-7-29/h3-21,33,50H,2,22-23H2,1H3,(H2,42,49)(H,43,53)(H,44,54)(H,45,51)(H,46,52)(H,55,56)/t33-/m0/s1. The second kappa shape index (κ2) is 18.9. The van der Waals surface area contributed by atoms with E-state index < -0.39 is 53.7 Å². The van der Waals surface area contributed by atoms with Crippen LogP contribution in [0.3, 0.4) is 0 Å². The highest BCUT2D eigenvalue weighted by atomic mass is 16.5. The lowest BCUT2D eigenvalue weighted by atomic mass is 10.1. The minimum absolute atomic E-state index is 0.0309. The van der Waals surface area contributed by atoms with E-state index in [1.165, 1.54) is 72.8 Å². The normalized spacial score (nSPS) is 11.2. The maximum Gasteiger partial charge on any atom is 0.335 e. The van der Waals surface area contributed by atoms with Crippen molar-refractivity contribution in [2.24, 2.45) is 16.0 Å². The topological polar surface area (TPSA) is 251 Å². The van der Waals surface area contributed by atoms with Gasteiger partial charge in [-0.1, -0.05) is 25.1 Å². The van der Waals surface area contributed by atoms with Crippen molar-refractivity contribution >= 4 is 63.9 Å². The Morgan fingerprint density at radius 1 is 0.667 bits per heavy atom. The van der Waals surface area contributed by atoms with Crippen molar-refractivity contribution in [2.75, 3.05) is 22.6 Å². The number of aromatic hydroxyl groups is 1. The molecule has 0 radical (unpaired) electrons. The number of phenolic OH excluding ortho intramolecular Hbond substituents is 1. The number of anilines is 3. The van der Waals surface area contributed by atoms with Crippen molar-refractivity contribution in [3.63, 3.8) is 0 Å². The van der Waals surface area contributed by atoms with E-state index in [0.29, 0.717) is 17.8 Å². The van der Waals surface area contributed by atoms with Crippen molar-refractivity contribution in [2.45, 2.75) is 25.8 Å². The van der Waals surface area contributed by atoms with Gasteiger partial charge in [-0.05, 0) is 103 Å². The molecule has 0 bridgehead atoms. The SMILES string of the molecule is CCCOc1c(NC(=O)c2ccc(NC(=O)[C@H](CC(N)=O)NC(=O)c3ccc(N=Nc4ccccc4)cc3)cc2)ccc(C(=O)Nc2ccc(C(=O)O)cc2)c1O. The van der Waals surface area contributed by atoms with Gasteiger partial charge < -0.3 is 42.0 Å². The highest BCUT2D eigenvalue weighted by Crippen LogP contribution is 2.38. The number of primary amides is 1. The van der Waals surface area contributed by atoms with Crippen LogP contribution >= 0.6 is 0 Å². The summed E-state index contributed by atoms with van der Waals surface area (Å²) in [7, 11) is 0. The lowest BCUT2D eigenvalue weighted by Gasteiger charge is -2.18. The maximum absolute atomic E-state index is 13.3. The molecule has 0 aromatic heterocycles. The number of azo groups is 1. The molecule has 0 fully saturated rings. The third-order valence-corrected chi connectivity index (χ3v) is 8.07. The van der Waals surface area contributed by atoms with E-state index >= 15 is 0 Å². The lowest BCUT2D eigenvalue weighted by molar-refractivity contribution is -0.123. The number of hydrogen-bond donors (Lipinski definition) is 7. The number of amides is 5. The van der Waals surface area contributed by atoms with Gasteiger partial charge in [0.15, 0.2) is 11.5 Å². The first-order valence-corrected chi connectivity index (χ1v) is 17.4. The van der Waals surface area contributed by atoms with Crippen LogP contribution in [0.5, 0.6) is 11.5 Å². The van der Waals surface area contributed by atoms with E-state index in [4.69, 9.17) is 15.6 Å². The smallest absolute Gasteiger partial charge is 0.335 e. The van der Waals surface area contributed by atoms with Crippen LogP contribution in [0, 0.1) is 0 Å². The van der Waals surface area contributed by atoms with Crippen molar-refractivity contribution in [3.05, 3.63) is 138 Å². The Balaban J connectivity index is 1.22. The molecule has 0 saturated heterocycles. The van der Waals surface area contributed by atoms with Gasteiger partial charge >= 0.3 is 5.97 Å².